The lowest BCUT2D eigenvalue weighted by Gasteiger charge is -2.19. The number of hydrogen-bond acceptors (Lipinski definition) is 2. The number of nitrogens with zero attached hydrogens (tertiary/aromatic N) is 1. The Kier molecular flexibility index (Phi) is 9.42. The maximum atomic E-state index is 5.75. The lowest BCUT2D eigenvalue weighted by Crippen LogP contribution is -2.25. The minimum atomic E-state index is 0.478. The Morgan fingerprint density at radius 1 is 1.00 bits per heavy atom. The van der Waals surface area contributed by atoms with E-state index in [0.717, 1.165) is 39.0 Å². The largest absolute Gasteiger partial charge is 0.378 e. The molecule has 0 fully saturated rings. The van der Waals surface area contributed by atoms with E-state index in [1.165, 1.54) is 6.54 Å². The molecule has 0 aliphatic carbocycles. The standard InChI is InChI=1S/C12H27NO/c1-5-12(6-2)14-11-9-10-13(7-3)8-4/h12H,5-11H2,1-4H3. The molecule has 14 heavy (non-hydrogen) atoms. The van der Waals surface area contributed by atoms with Crippen molar-refractivity contribution in [2.45, 2.75) is 53.1 Å². The molecule has 0 spiro atoms. The normalized spacial score (nSPS) is 11.6. The molecule has 0 atom stereocenters. The molecule has 0 N–H and O–H groups in total. The summed E-state index contributed by atoms with van der Waals surface area (Å²) in [5, 5.41) is 0. The quantitative estimate of drug-likeness (QED) is 0.532. The Balaban J connectivity index is 3.35. The zero-order chi connectivity index (χ0) is 10.8. The predicted molar refractivity (Wildman–Crippen MR) is 62.7 cm³/mol. The number of ether oxygens (including phenoxy) is 1. The van der Waals surface area contributed by atoms with Gasteiger partial charge in [0.1, 0.15) is 0 Å². The van der Waals surface area contributed by atoms with Gasteiger partial charge in [-0.3, -0.25) is 0 Å². The van der Waals surface area contributed by atoms with E-state index in [-0.39, 0.29) is 0 Å². The van der Waals surface area contributed by atoms with Crippen LogP contribution in [0.5, 0.6) is 0 Å². The highest BCUT2D eigenvalue weighted by Gasteiger charge is 2.03. The number of rotatable bonds is 9. The third-order valence-corrected chi connectivity index (χ3v) is 2.78. The summed E-state index contributed by atoms with van der Waals surface area (Å²) >= 11 is 0. The van der Waals surface area contributed by atoms with E-state index in [0.29, 0.717) is 6.10 Å². The van der Waals surface area contributed by atoms with Crippen LogP contribution < -0.4 is 0 Å². The van der Waals surface area contributed by atoms with Crippen molar-refractivity contribution in [2.24, 2.45) is 0 Å². The predicted octanol–water partition coefficient (Wildman–Crippen LogP) is 2.92. The van der Waals surface area contributed by atoms with E-state index in [4.69, 9.17) is 4.74 Å². The van der Waals surface area contributed by atoms with Gasteiger partial charge in [0.25, 0.3) is 0 Å². The van der Waals surface area contributed by atoms with Crippen molar-refractivity contribution < 1.29 is 4.74 Å². The summed E-state index contributed by atoms with van der Waals surface area (Å²) in [5.74, 6) is 0. The highest BCUT2D eigenvalue weighted by Crippen LogP contribution is 2.03. The average molecular weight is 201 g/mol. The van der Waals surface area contributed by atoms with Crippen molar-refractivity contribution in [1.29, 1.82) is 0 Å². The van der Waals surface area contributed by atoms with E-state index in [1.807, 2.05) is 0 Å². The second-order valence-corrected chi connectivity index (χ2v) is 3.69. The van der Waals surface area contributed by atoms with E-state index < -0.39 is 0 Å². The van der Waals surface area contributed by atoms with Crippen molar-refractivity contribution in [2.75, 3.05) is 26.2 Å². The summed E-state index contributed by atoms with van der Waals surface area (Å²) < 4.78 is 5.75. The van der Waals surface area contributed by atoms with E-state index in [9.17, 15) is 0 Å². The van der Waals surface area contributed by atoms with Crippen LogP contribution >= 0.6 is 0 Å². The van der Waals surface area contributed by atoms with Gasteiger partial charge in [0.2, 0.25) is 0 Å². The van der Waals surface area contributed by atoms with Gasteiger partial charge in [-0.25, -0.2) is 0 Å². The van der Waals surface area contributed by atoms with Crippen molar-refractivity contribution in [3.63, 3.8) is 0 Å². The van der Waals surface area contributed by atoms with Gasteiger partial charge in [-0.15, -0.1) is 0 Å². The Hall–Kier alpha value is -0.0800. The Bertz CT molecular complexity index is 94.9. The van der Waals surface area contributed by atoms with E-state index in [1.54, 1.807) is 0 Å². The summed E-state index contributed by atoms with van der Waals surface area (Å²) in [6.07, 6.45) is 3.92. The summed E-state index contributed by atoms with van der Waals surface area (Å²) in [5.41, 5.74) is 0. The number of hydrogen-bond donors (Lipinski definition) is 0. The van der Waals surface area contributed by atoms with Gasteiger partial charge < -0.3 is 9.64 Å². The van der Waals surface area contributed by atoms with Gasteiger partial charge in [-0.1, -0.05) is 27.7 Å². The van der Waals surface area contributed by atoms with Crippen LogP contribution in [0.1, 0.15) is 47.0 Å². The molecule has 0 rings (SSSR count). The highest BCUT2D eigenvalue weighted by molar-refractivity contribution is 4.54. The van der Waals surface area contributed by atoms with Crippen molar-refractivity contribution in [3.05, 3.63) is 0 Å². The smallest absolute Gasteiger partial charge is 0.0569 e. The van der Waals surface area contributed by atoms with Crippen LogP contribution in [0.4, 0.5) is 0 Å². The molecule has 0 radical (unpaired) electrons. The van der Waals surface area contributed by atoms with Gasteiger partial charge in [0.15, 0.2) is 0 Å². The van der Waals surface area contributed by atoms with Crippen LogP contribution in [0.25, 0.3) is 0 Å². The minimum Gasteiger partial charge on any atom is -0.378 e. The summed E-state index contributed by atoms with van der Waals surface area (Å²) in [6, 6.07) is 0. The van der Waals surface area contributed by atoms with Gasteiger partial charge in [0, 0.05) is 13.2 Å². The zero-order valence-electron chi connectivity index (χ0n) is 10.4. The molecule has 0 aromatic rings. The molecular formula is C12H27NO. The molecule has 0 aliphatic heterocycles. The molecule has 2 nitrogen and oxygen atoms in total. The van der Waals surface area contributed by atoms with Gasteiger partial charge >= 0.3 is 0 Å². The molecule has 0 aromatic heterocycles. The SMILES string of the molecule is CCC(CC)OCCCN(CC)CC. The fourth-order valence-electron chi connectivity index (χ4n) is 1.60. The fraction of sp³-hybridized carbons (Fsp3) is 1.00. The third-order valence-electron chi connectivity index (χ3n) is 2.78. The van der Waals surface area contributed by atoms with Crippen molar-refractivity contribution in [3.8, 4) is 0 Å². The first-order valence-corrected chi connectivity index (χ1v) is 6.12. The Morgan fingerprint density at radius 2 is 1.57 bits per heavy atom. The molecule has 0 aromatic carbocycles. The topological polar surface area (TPSA) is 12.5 Å². The second kappa shape index (κ2) is 9.47. The summed E-state index contributed by atoms with van der Waals surface area (Å²) in [6.45, 7) is 13.2. The van der Waals surface area contributed by atoms with Gasteiger partial charge in [0.05, 0.1) is 6.10 Å². The van der Waals surface area contributed by atoms with E-state index in [2.05, 4.69) is 32.6 Å². The minimum absolute atomic E-state index is 0.478. The van der Waals surface area contributed by atoms with Gasteiger partial charge in [-0.05, 0) is 32.4 Å². The monoisotopic (exact) mass is 201 g/mol. The van der Waals surface area contributed by atoms with E-state index >= 15 is 0 Å². The van der Waals surface area contributed by atoms with Crippen molar-refractivity contribution in [1.82, 2.24) is 4.90 Å². The molecular weight excluding hydrogens is 174 g/mol. The average Bonchev–Trinajstić information content (AvgIpc) is 2.24. The van der Waals surface area contributed by atoms with Crippen LogP contribution in [0.2, 0.25) is 0 Å². The van der Waals surface area contributed by atoms with Crippen molar-refractivity contribution >= 4 is 0 Å². The van der Waals surface area contributed by atoms with Crippen LogP contribution in [0, 0.1) is 0 Å². The molecule has 0 unspecified atom stereocenters. The molecule has 0 saturated carbocycles. The lowest BCUT2D eigenvalue weighted by molar-refractivity contribution is 0.0425. The fourth-order valence-corrected chi connectivity index (χ4v) is 1.60. The molecule has 0 heterocycles. The molecule has 0 saturated heterocycles. The summed E-state index contributed by atoms with van der Waals surface area (Å²) in [7, 11) is 0. The molecule has 0 aliphatic rings. The van der Waals surface area contributed by atoms with Crippen LogP contribution in [0.3, 0.4) is 0 Å². The second-order valence-electron chi connectivity index (χ2n) is 3.69. The summed E-state index contributed by atoms with van der Waals surface area (Å²) in [4.78, 5) is 2.44. The lowest BCUT2D eigenvalue weighted by atomic mass is 10.2. The molecule has 0 amide bonds. The first kappa shape index (κ1) is 13.9. The highest BCUT2D eigenvalue weighted by atomic mass is 16.5. The maximum Gasteiger partial charge on any atom is 0.0569 e. The maximum absolute atomic E-state index is 5.75. The van der Waals surface area contributed by atoms with Gasteiger partial charge in [-0.2, -0.15) is 0 Å². The Morgan fingerprint density at radius 3 is 2.00 bits per heavy atom. The Labute approximate surface area is 89.6 Å². The first-order valence-electron chi connectivity index (χ1n) is 6.12. The molecule has 2 heteroatoms. The molecule has 0 bridgehead atoms. The third kappa shape index (κ3) is 6.39. The zero-order valence-corrected chi connectivity index (χ0v) is 10.4. The van der Waals surface area contributed by atoms with Crippen LogP contribution in [-0.4, -0.2) is 37.2 Å². The first-order chi connectivity index (χ1) is 6.78. The van der Waals surface area contributed by atoms with Crippen LogP contribution in [-0.2, 0) is 4.74 Å². The van der Waals surface area contributed by atoms with Crippen LogP contribution in [0.15, 0.2) is 0 Å². The molecule has 86 valence electrons.